The molecule has 1 heterocycles. The summed E-state index contributed by atoms with van der Waals surface area (Å²) < 4.78 is 5.39. The number of carboxylic acids is 1. The van der Waals surface area contributed by atoms with Gasteiger partial charge in [-0.2, -0.15) is 0 Å². The molecule has 1 saturated heterocycles. The maximum atomic E-state index is 12.4. The van der Waals surface area contributed by atoms with Gasteiger partial charge >= 0.3 is 5.97 Å². The maximum Gasteiger partial charge on any atom is 0.328 e. The maximum absolute atomic E-state index is 12.4. The number of aliphatic carboxylic acids is 1. The molecule has 1 fully saturated rings. The van der Waals surface area contributed by atoms with Crippen molar-refractivity contribution >= 4 is 11.9 Å². The van der Waals surface area contributed by atoms with Crippen LogP contribution < -0.4 is 0 Å². The first-order chi connectivity index (χ1) is 8.43. The Morgan fingerprint density at radius 3 is 2.50 bits per heavy atom. The fourth-order valence-electron chi connectivity index (χ4n) is 2.09. The van der Waals surface area contributed by atoms with Gasteiger partial charge in [0.25, 0.3) is 5.91 Å². The third-order valence-electron chi connectivity index (χ3n) is 3.01. The number of nitrogens with zero attached hydrogens (tertiary/aromatic N) is 1. The highest BCUT2D eigenvalue weighted by atomic mass is 16.5. The summed E-state index contributed by atoms with van der Waals surface area (Å²) in [6.07, 6.45) is 0. The molecule has 1 N–H and O–H groups in total. The molecule has 0 bridgehead atoms. The highest BCUT2D eigenvalue weighted by molar-refractivity contribution is 5.97. The van der Waals surface area contributed by atoms with Crippen LogP contribution in [-0.2, 0) is 9.53 Å². The van der Waals surface area contributed by atoms with E-state index in [1.54, 1.807) is 44.2 Å². The van der Waals surface area contributed by atoms with Crippen LogP contribution in [0.5, 0.6) is 0 Å². The second-order valence-electron chi connectivity index (χ2n) is 4.65. The molecule has 1 atom stereocenters. The van der Waals surface area contributed by atoms with E-state index in [-0.39, 0.29) is 12.5 Å². The zero-order chi connectivity index (χ0) is 13.3. The van der Waals surface area contributed by atoms with E-state index in [1.165, 1.54) is 4.90 Å². The minimum atomic E-state index is -1.05. The first kappa shape index (κ1) is 12.6. The Bertz CT molecular complexity index is 469. The van der Waals surface area contributed by atoms with Gasteiger partial charge in [-0.1, -0.05) is 18.2 Å². The van der Waals surface area contributed by atoms with Crippen LogP contribution >= 0.6 is 0 Å². The van der Waals surface area contributed by atoms with Crippen molar-refractivity contribution in [3.8, 4) is 0 Å². The zero-order valence-electron chi connectivity index (χ0n) is 10.3. The lowest BCUT2D eigenvalue weighted by Gasteiger charge is -2.32. The van der Waals surface area contributed by atoms with Crippen LogP contribution in [-0.4, -0.2) is 40.3 Å². The highest BCUT2D eigenvalue weighted by Gasteiger charge is 2.47. The molecule has 5 nitrogen and oxygen atoms in total. The Labute approximate surface area is 105 Å². The van der Waals surface area contributed by atoms with E-state index in [0.29, 0.717) is 5.56 Å². The lowest BCUT2D eigenvalue weighted by molar-refractivity contribution is -0.142. The van der Waals surface area contributed by atoms with Crippen LogP contribution in [0.2, 0.25) is 0 Å². The van der Waals surface area contributed by atoms with E-state index in [4.69, 9.17) is 9.84 Å². The van der Waals surface area contributed by atoms with Crippen LogP contribution in [0.3, 0.4) is 0 Å². The number of carbonyl (C=O) groups is 2. The minimum Gasteiger partial charge on any atom is -0.480 e. The van der Waals surface area contributed by atoms with Gasteiger partial charge in [0.15, 0.2) is 6.04 Å². The summed E-state index contributed by atoms with van der Waals surface area (Å²) >= 11 is 0. The average molecular weight is 249 g/mol. The smallest absolute Gasteiger partial charge is 0.328 e. The molecule has 2 rings (SSSR count). The molecule has 1 aliphatic heterocycles. The lowest BCUT2D eigenvalue weighted by atomic mass is 10.1. The Kier molecular flexibility index (Phi) is 3.09. The Morgan fingerprint density at radius 1 is 1.33 bits per heavy atom. The van der Waals surface area contributed by atoms with Gasteiger partial charge in [-0.15, -0.1) is 0 Å². The molecule has 0 unspecified atom stereocenters. The van der Waals surface area contributed by atoms with E-state index in [9.17, 15) is 9.59 Å². The average Bonchev–Trinajstić information content (AvgIpc) is 2.65. The van der Waals surface area contributed by atoms with Crippen LogP contribution in [0, 0.1) is 0 Å². The number of amides is 1. The van der Waals surface area contributed by atoms with Crippen molar-refractivity contribution in [1.29, 1.82) is 0 Å². The van der Waals surface area contributed by atoms with E-state index < -0.39 is 17.7 Å². The standard InChI is InChI=1S/C13H15NO4/c1-13(2)14(10(8-18-13)12(16)17)11(15)9-6-4-3-5-7-9/h3-7,10H,8H2,1-2H3,(H,16,17)/t10-/m1/s1. The topological polar surface area (TPSA) is 66.8 Å². The summed E-state index contributed by atoms with van der Waals surface area (Å²) in [5, 5.41) is 9.14. The van der Waals surface area contributed by atoms with Crippen molar-refractivity contribution in [2.24, 2.45) is 0 Å². The molecule has 5 heteroatoms. The number of hydrogen-bond donors (Lipinski definition) is 1. The molecule has 0 saturated carbocycles. The molecular weight excluding hydrogens is 234 g/mol. The normalized spacial score (nSPS) is 21.9. The Hall–Kier alpha value is -1.88. The van der Waals surface area contributed by atoms with Crippen molar-refractivity contribution < 1.29 is 19.4 Å². The Morgan fingerprint density at radius 2 is 1.94 bits per heavy atom. The summed E-state index contributed by atoms with van der Waals surface area (Å²) in [6.45, 7) is 3.40. The quantitative estimate of drug-likeness (QED) is 0.859. The van der Waals surface area contributed by atoms with Crippen molar-refractivity contribution in [1.82, 2.24) is 4.90 Å². The van der Waals surface area contributed by atoms with Gasteiger partial charge in [-0.3, -0.25) is 9.69 Å². The summed E-state index contributed by atoms with van der Waals surface area (Å²) in [6, 6.07) is 7.68. The Balaban J connectivity index is 2.34. The molecule has 1 aliphatic rings. The molecule has 18 heavy (non-hydrogen) atoms. The third-order valence-corrected chi connectivity index (χ3v) is 3.01. The first-order valence-electron chi connectivity index (χ1n) is 5.69. The molecule has 1 aromatic rings. The van der Waals surface area contributed by atoms with Gasteiger partial charge in [0.1, 0.15) is 5.72 Å². The van der Waals surface area contributed by atoms with Crippen molar-refractivity contribution in [3.05, 3.63) is 35.9 Å². The minimum absolute atomic E-state index is 0.0148. The molecule has 0 radical (unpaired) electrons. The third kappa shape index (κ3) is 2.09. The fourth-order valence-corrected chi connectivity index (χ4v) is 2.09. The first-order valence-corrected chi connectivity index (χ1v) is 5.69. The zero-order valence-corrected chi connectivity index (χ0v) is 10.3. The van der Waals surface area contributed by atoms with Crippen LogP contribution in [0.25, 0.3) is 0 Å². The SMILES string of the molecule is CC1(C)OC[C@H](C(=O)O)N1C(=O)c1ccccc1. The second kappa shape index (κ2) is 4.42. The number of ether oxygens (including phenoxy) is 1. The summed E-state index contributed by atoms with van der Waals surface area (Å²) in [4.78, 5) is 24.8. The second-order valence-corrected chi connectivity index (χ2v) is 4.65. The predicted octanol–water partition coefficient (Wildman–Crippen LogP) is 1.35. The summed E-state index contributed by atoms with van der Waals surface area (Å²) in [5.74, 6) is -1.38. The number of rotatable bonds is 2. The predicted molar refractivity (Wildman–Crippen MR) is 64.1 cm³/mol. The van der Waals surface area contributed by atoms with Gasteiger partial charge in [0, 0.05) is 5.56 Å². The fraction of sp³-hybridized carbons (Fsp3) is 0.385. The van der Waals surface area contributed by atoms with Gasteiger partial charge in [-0.25, -0.2) is 4.79 Å². The molecule has 1 aromatic carbocycles. The van der Waals surface area contributed by atoms with Gasteiger partial charge < -0.3 is 9.84 Å². The highest BCUT2D eigenvalue weighted by Crippen LogP contribution is 2.29. The molecule has 96 valence electrons. The molecule has 1 amide bonds. The number of hydrogen-bond acceptors (Lipinski definition) is 3. The monoisotopic (exact) mass is 249 g/mol. The molecule has 0 aliphatic carbocycles. The van der Waals surface area contributed by atoms with Crippen molar-refractivity contribution in [3.63, 3.8) is 0 Å². The lowest BCUT2D eigenvalue weighted by Crippen LogP contribution is -2.50. The van der Waals surface area contributed by atoms with Crippen LogP contribution in [0.15, 0.2) is 30.3 Å². The van der Waals surface area contributed by atoms with Gasteiger partial charge in [0.2, 0.25) is 0 Å². The number of benzene rings is 1. The molecular formula is C13H15NO4. The van der Waals surface area contributed by atoms with Gasteiger partial charge in [0.05, 0.1) is 6.61 Å². The van der Waals surface area contributed by atoms with E-state index in [2.05, 4.69) is 0 Å². The van der Waals surface area contributed by atoms with Gasteiger partial charge in [-0.05, 0) is 26.0 Å². The summed E-state index contributed by atoms with van der Waals surface area (Å²) in [7, 11) is 0. The largest absolute Gasteiger partial charge is 0.480 e. The van der Waals surface area contributed by atoms with E-state index in [0.717, 1.165) is 0 Å². The van der Waals surface area contributed by atoms with Crippen LogP contribution in [0.4, 0.5) is 0 Å². The van der Waals surface area contributed by atoms with E-state index >= 15 is 0 Å². The summed E-state index contributed by atoms with van der Waals surface area (Å²) in [5.41, 5.74) is -0.446. The van der Waals surface area contributed by atoms with E-state index in [1.807, 2.05) is 0 Å². The van der Waals surface area contributed by atoms with Crippen molar-refractivity contribution in [2.45, 2.75) is 25.6 Å². The number of carboxylic acid groups (broad SMARTS) is 1. The van der Waals surface area contributed by atoms with Crippen molar-refractivity contribution in [2.75, 3.05) is 6.61 Å². The molecule has 0 aromatic heterocycles. The number of carbonyl (C=O) groups excluding carboxylic acids is 1. The van der Waals surface area contributed by atoms with Crippen LogP contribution in [0.1, 0.15) is 24.2 Å². The molecule has 0 spiro atoms.